The zero-order valence-electron chi connectivity index (χ0n) is 18.5. The van der Waals surface area contributed by atoms with Crippen LogP contribution in [0, 0.1) is 5.21 Å². The zero-order chi connectivity index (χ0) is 24.2. The number of pyridine rings is 1. The van der Waals surface area contributed by atoms with Crippen LogP contribution in [0.1, 0.15) is 12.1 Å². The Morgan fingerprint density at radius 3 is 2.09 bits per heavy atom. The average molecular weight is 466 g/mol. The van der Waals surface area contributed by atoms with Gasteiger partial charge < -0.3 is 30.3 Å². The lowest BCUT2D eigenvalue weighted by molar-refractivity contribution is -0.615. The topological polar surface area (TPSA) is 152 Å². The zero-order valence-corrected chi connectivity index (χ0v) is 18.5. The summed E-state index contributed by atoms with van der Waals surface area (Å²) in [5.74, 6) is -2.89. The maximum atomic E-state index is 12.1. The number of carboxylic acids is 3. The van der Waals surface area contributed by atoms with Crippen LogP contribution in [0.2, 0.25) is 0 Å². The summed E-state index contributed by atoms with van der Waals surface area (Å²) >= 11 is 0. The van der Waals surface area contributed by atoms with Crippen molar-refractivity contribution in [2.45, 2.75) is 13.0 Å². The predicted octanol–water partition coefficient (Wildman–Crippen LogP) is -0.843. The van der Waals surface area contributed by atoms with E-state index in [1.165, 1.54) is 6.20 Å². The summed E-state index contributed by atoms with van der Waals surface area (Å²) < 4.78 is 0.758. The molecule has 1 aromatic rings. The van der Waals surface area contributed by atoms with Crippen molar-refractivity contribution in [3.63, 3.8) is 0 Å². The van der Waals surface area contributed by atoms with Crippen LogP contribution in [0.4, 0.5) is 0 Å². The first-order valence-corrected chi connectivity index (χ1v) is 10.7. The molecule has 33 heavy (non-hydrogen) atoms. The van der Waals surface area contributed by atoms with Gasteiger partial charge in [-0.25, -0.2) is 0 Å². The van der Waals surface area contributed by atoms with Gasteiger partial charge in [0, 0.05) is 70.3 Å². The number of hydrogen-bond acceptors (Lipinski definition) is 8. The number of aromatic nitrogens is 1. The molecule has 2 rings (SSSR count). The Morgan fingerprint density at radius 2 is 1.42 bits per heavy atom. The summed E-state index contributed by atoms with van der Waals surface area (Å²) in [6.45, 7) is 2.60. The first-order valence-electron chi connectivity index (χ1n) is 10.7. The molecule has 1 aliphatic heterocycles. The first-order chi connectivity index (χ1) is 15.7. The maximum Gasteiger partial charge on any atom is 0.323 e. The molecule has 182 valence electrons. The molecular weight excluding hydrogens is 434 g/mol. The van der Waals surface area contributed by atoms with Gasteiger partial charge in [-0.1, -0.05) is 0 Å². The van der Waals surface area contributed by atoms with Gasteiger partial charge in [-0.2, -0.15) is 4.73 Å². The minimum Gasteiger partial charge on any atom is -0.618 e. The highest BCUT2D eigenvalue weighted by Crippen LogP contribution is 2.06. The quantitative estimate of drug-likeness (QED) is 0.309. The van der Waals surface area contributed by atoms with Crippen LogP contribution in [-0.2, 0) is 20.9 Å². The Balaban J connectivity index is 2.23. The van der Waals surface area contributed by atoms with Crippen LogP contribution in [0.5, 0.6) is 0 Å². The number of rotatable bonds is 9. The van der Waals surface area contributed by atoms with Gasteiger partial charge >= 0.3 is 17.9 Å². The normalized spacial score (nSPS) is 17.7. The number of nitrogens with zero attached hydrogens (tertiary/aromatic N) is 5. The van der Waals surface area contributed by atoms with E-state index in [-0.39, 0.29) is 32.6 Å². The van der Waals surface area contributed by atoms with E-state index >= 15 is 0 Å². The van der Waals surface area contributed by atoms with Gasteiger partial charge in [0.05, 0.1) is 13.0 Å². The monoisotopic (exact) mass is 465 g/mol. The summed E-state index contributed by atoms with van der Waals surface area (Å²) in [4.78, 5) is 40.8. The summed E-state index contributed by atoms with van der Waals surface area (Å²) in [5, 5.41) is 39.6. The number of carbonyl (C=O) groups is 3. The summed E-state index contributed by atoms with van der Waals surface area (Å²) in [6, 6.07) is 5.08. The Kier molecular flexibility index (Phi) is 10.4. The van der Waals surface area contributed by atoms with Gasteiger partial charge in [0.25, 0.3) is 0 Å². The molecule has 0 radical (unpaired) electrons. The molecule has 0 aromatic carbocycles. The van der Waals surface area contributed by atoms with Crippen LogP contribution in [0.3, 0.4) is 0 Å². The van der Waals surface area contributed by atoms with E-state index in [9.17, 15) is 29.8 Å². The second-order valence-corrected chi connectivity index (χ2v) is 7.81. The van der Waals surface area contributed by atoms with Crippen molar-refractivity contribution < 1.29 is 34.4 Å². The second-order valence-electron chi connectivity index (χ2n) is 7.81. The Labute approximate surface area is 192 Å². The summed E-state index contributed by atoms with van der Waals surface area (Å²) in [7, 11) is 0. The third-order valence-corrected chi connectivity index (χ3v) is 5.24. The van der Waals surface area contributed by atoms with Gasteiger partial charge in [-0.15, -0.1) is 0 Å². The van der Waals surface area contributed by atoms with E-state index in [0.717, 1.165) is 4.73 Å². The van der Waals surface area contributed by atoms with E-state index in [1.807, 2.05) is 9.80 Å². The van der Waals surface area contributed by atoms with E-state index in [2.05, 4.69) is 0 Å². The van der Waals surface area contributed by atoms with Gasteiger partial charge in [-0.05, 0) is 6.07 Å². The lowest BCUT2D eigenvalue weighted by atomic mass is 10.3. The minimum absolute atomic E-state index is 0.0618. The molecule has 0 fully saturated rings. The average Bonchev–Trinajstić information content (AvgIpc) is 2.73. The van der Waals surface area contributed by atoms with Crippen LogP contribution in [-0.4, -0.2) is 112 Å². The molecule has 0 atom stereocenters. The van der Waals surface area contributed by atoms with E-state index in [4.69, 9.17) is 5.11 Å². The fraction of sp³-hybridized carbons (Fsp3) is 0.524. The lowest BCUT2D eigenvalue weighted by Crippen LogP contribution is -2.44. The molecule has 0 aliphatic carbocycles. The van der Waals surface area contributed by atoms with Crippen molar-refractivity contribution >= 4 is 17.9 Å². The molecule has 12 nitrogen and oxygen atoms in total. The highest BCUT2D eigenvalue weighted by Gasteiger charge is 2.18. The van der Waals surface area contributed by atoms with Crippen molar-refractivity contribution in [3.8, 4) is 0 Å². The Bertz CT molecular complexity index is 835. The van der Waals surface area contributed by atoms with E-state index < -0.39 is 17.9 Å². The third-order valence-electron chi connectivity index (χ3n) is 5.24. The maximum absolute atomic E-state index is 12.1. The van der Waals surface area contributed by atoms with E-state index in [0.29, 0.717) is 45.0 Å². The molecule has 0 unspecified atom stereocenters. The van der Waals surface area contributed by atoms with Gasteiger partial charge in [0.2, 0.25) is 5.69 Å². The second kappa shape index (κ2) is 13.2. The molecule has 0 saturated carbocycles. The van der Waals surface area contributed by atoms with Crippen LogP contribution in [0.15, 0.2) is 36.8 Å². The predicted molar refractivity (Wildman–Crippen MR) is 117 cm³/mol. The van der Waals surface area contributed by atoms with Crippen molar-refractivity contribution in [2.24, 2.45) is 0 Å². The molecule has 0 saturated heterocycles. The van der Waals surface area contributed by atoms with Crippen LogP contribution < -0.4 is 4.73 Å². The van der Waals surface area contributed by atoms with E-state index in [1.54, 1.807) is 40.4 Å². The molecule has 1 aliphatic rings. The minimum atomic E-state index is -0.997. The summed E-state index contributed by atoms with van der Waals surface area (Å²) in [6.07, 6.45) is 4.69. The Morgan fingerprint density at radius 1 is 0.818 bits per heavy atom. The number of carboxylic acid groups (broad SMARTS) is 3. The van der Waals surface area contributed by atoms with Crippen molar-refractivity contribution in [1.82, 2.24) is 19.6 Å². The van der Waals surface area contributed by atoms with Crippen molar-refractivity contribution in [1.29, 1.82) is 0 Å². The summed E-state index contributed by atoms with van der Waals surface area (Å²) in [5.41, 5.74) is 0.503. The standard InChI is InChI=1S/C21H31N5O7/c27-19(28)4-6-22-7-9-24(16-20(29)30)13-11-23(15-18-3-1-2-5-26(18)33)12-14-25(10-8-22)17-21(31)32/h1-3,5,11,13H,4,6-10,12,14-17H2,(H,27,28)(H,29,30)(H,31,32)/b13-11-. The number of aliphatic carboxylic acids is 3. The molecule has 12 heteroatoms. The smallest absolute Gasteiger partial charge is 0.323 e. The lowest BCUT2D eigenvalue weighted by Gasteiger charge is -2.31. The molecule has 0 amide bonds. The van der Waals surface area contributed by atoms with Gasteiger partial charge in [0.1, 0.15) is 13.1 Å². The van der Waals surface area contributed by atoms with Gasteiger partial charge in [0.15, 0.2) is 6.20 Å². The molecule has 0 bridgehead atoms. The van der Waals surface area contributed by atoms with Crippen LogP contribution in [0.25, 0.3) is 0 Å². The van der Waals surface area contributed by atoms with Crippen molar-refractivity contribution in [2.75, 3.05) is 58.9 Å². The molecule has 0 spiro atoms. The third kappa shape index (κ3) is 10.2. The molecule has 2 heterocycles. The fourth-order valence-corrected chi connectivity index (χ4v) is 3.44. The molecule has 3 N–H and O–H groups in total. The fourth-order valence-electron chi connectivity index (χ4n) is 3.44. The first kappa shape index (κ1) is 25.9. The Hall–Kier alpha value is -3.38. The number of hydrogen-bond donors (Lipinski definition) is 3. The highest BCUT2D eigenvalue weighted by molar-refractivity contribution is 5.69. The molecule has 1 aromatic heterocycles. The molecular formula is C21H31N5O7. The van der Waals surface area contributed by atoms with Crippen molar-refractivity contribution in [3.05, 3.63) is 47.7 Å². The highest BCUT2D eigenvalue weighted by atomic mass is 16.5. The SMILES string of the molecule is O=C(O)CCN1CCN(CC(=O)O)/C=C\N(Cc2cccc[n+]2[O-])CCN(CC(=O)O)CC1. The largest absolute Gasteiger partial charge is 0.618 e. The van der Waals surface area contributed by atoms with Gasteiger partial charge in [-0.3, -0.25) is 24.2 Å². The van der Waals surface area contributed by atoms with Crippen LogP contribution >= 0.6 is 0 Å².